The van der Waals surface area contributed by atoms with Gasteiger partial charge in [0.05, 0.1) is 22.8 Å². The highest BCUT2D eigenvalue weighted by molar-refractivity contribution is 6.10. The van der Waals surface area contributed by atoms with Crippen LogP contribution in [0.1, 0.15) is 42.1 Å². The molecule has 0 bridgehead atoms. The highest BCUT2D eigenvalue weighted by Crippen LogP contribution is 2.29. The Morgan fingerprint density at radius 2 is 2.09 bits per heavy atom. The number of rotatable bonds is 5. The van der Waals surface area contributed by atoms with Crippen molar-refractivity contribution < 1.29 is 4.74 Å². The molecule has 1 N–H and O–H groups in total. The number of aryl methyl sites for hydroxylation is 2. The molecule has 0 amide bonds. The number of ether oxygens (including phenoxy) is 1. The number of nitrogens with one attached hydrogen (secondary N) is 1. The van der Waals surface area contributed by atoms with Gasteiger partial charge in [-0.3, -0.25) is 0 Å². The van der Waals surface area contributed by atoms with E-state index in [-0.39, 0.29) is 6.10 Å². The predicted molar refractivity (Wildman–Crippen MR) is 95.0 cm³/mol. The van der Waals surface area contributed by atoms with Crippen LogP contribution in [0.3, 0.4) is 0 Å². The Morgan fingerprint density at radius 3 is 2.65 bits per heavy atom. The molecule has 1 unspecified atom stereocenters. The number of H-pyrrole nitrogens is 1. The predicted octanol–water partition coefficient (Wildman–Crippen LogP) is 3.78. The molecule has 2 aromatic heterocycles. The fourth-order valence-corrected chi connectivity index (χ4v) is 3.40. The lowest BCUT2D eigenvalue weighted by molar-refractivity contribution is 0.142. The van der Waals surface area contributed by atoms with Crippen molar-refractivity contribution in [2.45, 2.75) is 40.2 Å². The summed E-state index contributed by atoms with van der Waals surface area (Å²) >= 11 is 0. The van der Waals surface area contributed by atoms with Crippen LogP contribution in [0, 0.1) is 13.8 Å². The van der Waals surface area contributed by atoms with E-state index in [2.05, 4.69) is 42.5 Å². The normalized spacial score (nSPS) is 17.5. The molecule has 3 heterocycles. The number of aliphatic imine (C=N–C) groups is 1. The van der Waals surface area contributed by atoms with Crippen molar-refractivity contribution in [3.05, 3.63) is 52.6 Å². The topological polar surface area (TPSA) is 42.3 Å². The van der Waals surface area contributed by atoms with Gasteiger partial charge in [0.2, 0.25) is 0 Å². The molecule has 0 fully saturated rings. The first-order valence-electron chi connectivity index (χ1n) is 8.28. The van der Waals surface area contributed by atoms with Crippen molar-refractivity contribution in [2.75, 3.05) is 6.61 Å². The Hall–Kier alpha value is -2.07. The number of hydrogen-bond donors (Lipinski definition) is 1. The molecule has 0 aromatic carbocycles. The number of hydrogen-bond acceptors (Lipinski definition) is 2. The molecule has 1 aliphatic heterocycles. The number of nitrogens with zero attached hydrogens (tertiary/aromatic N) is 2. The molecule has 4 heteroatoms. The number of aromatic amines is 1. The van der Waals surface area contributed by atoms with E-state index in [1.807, 2.05) is 26.2 Å². The second kappa shape index (κ2) is 6.20. The molecule has 23 heavy (non-hydrogen) atoms. The Labute approximate surface area is 137 Å². The minimum Gasteiger partial charge on any atom is -0.368 e. The highest BCUT2D eigenvalue weighted by Gasteiger charge is 2.27. The third-order valence-electron chi connectivity index (χ3n) is 4.57. The molecule has 1 aliphatic rings. The SMILES string of the molecule is CCOC1C=C(c2cccn2C)N=C1c1[nH]c(C)c(CC)c1C. The lowest BCUT2D eigenvalue weighted by Crippen LogP contribution is -2.21. The smallest absolute Gasteiger partial charge is 0.122 e. The summed E-state index contributed by atoms with van der Waals surface area (Å²) in [6, 6.07) is 4.13. The van der Waals surface area contributed by atoms with E-state index in [9.17, 15) is 0 Å². The highest BCUT2D eigenvalue weighted by atomic mass is 16.5. The molecule has 0 saturated carbocycles. The van der Waals surface area contributed by atoms with Crippen LogP contribution in [0.25, 0.3) is 5.70 Å². The van der Waals surface area contributed by atoms with Gasteiger partial charge in [-0.15, -0.1) is 0 Å². The van der Waals surface area contributed by atoms with E-state index < -0.39 is 0 Å². The summed E-state index contributed by atoms with van der Waals surface area (Å²) in [6.45, 7) is 9.18. The molecule has 1 atom stereocenters. The van der Waals surface area contributed by atoms with Crippen LogP contribution in [-0.2, 0) is 18.2 Å². The monoisotopic (exact) mass is 311 g/mol. The van der Waals surface area contributed by atoms with Crippen LogP contribution < -0.4 is 0 Å². The van der Waals surface area contributed by atoms with Crippen LogP contribution >= 0.6 is 0 Å². The van der Waals surface area contributed by atoms with Crippen molar-refractivity contribution >= 4 is 11.4 Å². The minimum atomic E-state index is -0.0913. The first-order chi connectivity index (χ1) is 11.1. The molecular formula is C19H25N3O. The van der Waals surface area contributed by atoms with Gasteiger partial charge < -0.3 is 14.3 Å². The molecule has 0 radical (unpaired) electrons. The van der Waals surface area contributed by atoms with Gasteiger partial charge >= 0.3 is 0 Å². The van der Waals surface area contributed by atoms with Crippen LogP contribution in [-0.4, -0.2) is 28.0 Å². The molecular weight excluding hydrogens is 286 g/mol. The van der Waals surface area contributed by atoms with Crippen molar-refractivity contribution in [2.24, 2.45) is 12.0 Å². The van der Waals surface area contributed by atoms with Gasteiger partial charge in [-0.1, -0.05) is 6.92 Å². The molecule has 0 aliphatic carbocycles. The second-order valence-electron chi connectivity index (χ2n) is 6.01. The van der Waals surface area contributed by atoms with Gasteiger partial charge in [0.1, 0.15) is 6.10 Å². The number of aromatic nitrogens is 2. The van der Waals surface area contributed by atoms with Crippen LogP contribution in [0.15, 0.2) is 29.4 Å². The quantitative estimate of drug-likeness (QED) is 0.897. The molecule has 2 aromatic rings. The maximum Gasteiger partial charge on any atom is 0.122 e. The third-order valence-corrected chi connectivity index (χ3v) is 4.57. The second-order valence-corrected chi connectivity index (χ2v) is 6.01. The van der Waals surface area contributed by atoms with Gasteiger partial charge in [-0.05, 0) is 56.5 Å². The van der Waals surface area contributed by atoms with Gasteiger partial charge in [0.15, 0.2) is 0 Å². The van der Waals surface area contributed by atoms with E-state index in [0.29, 0.717) is 6.61 Å². The van der Waals surface area contributed by atoms with Gasteiger partial charge in [-0.2, -0.15) is 0 Å². The lowest BCUT2D eigenvalue weighted by atomic mass is 10.0. The van der Waals surface area contributed by atoms with E-state index in [4.69, 9.17) is 9.73 Å². The van der Waals surface area contributed by atoms with Gasteiger partial charge in [0.25, 0.3) is 0 Å². The zero-order chi connectivity index (χ0) is 16.6. The lowest BCUT2D eigenvalue weighted by Gasteiger charge is -2.11. The Kier molecular flexibility index (Phi) is 4.26. The van der Waals surface area contributed by atoms with Crippen molar-refractivity contribution in [3.63, 3.8) is 0 Å². The van der Waals surface area contributed by atoms with Gasteiger partial charge in [0, 0.05) is 25.5 Å². The fraction of sp³-hybridized carbons (Fsp3) is 0.421. The van der Waals surface area contributed by atoms with Crippen LogP contribution in [0.5, 0.6) is 0 Å². The Balaban J connectivity index is 2.05. The fourth-order valence-electron chi connectivity index (χ4n) is 3.40. The summed E-state index contributed by atoms with van der Waals surface area (Å²) in [5.41, 5.74) is 8.09. The Bertz CT molecular complexity index is 777. The third kappa shape index (κ3) is 2.68. The zero-order valence-corrected chi connectivity index (χ0v) is 14.6. The first-order valence-corrected chi connectivity index (χ1v) is 8.28. The summed E-state index contributed by atoms with van der Waals surface area (Å²) in [4.78, 5) is 8.44. The summed E-state index contributed by atoms with van der Waals surface area (Å²) in [7, 11) is 2.04. The van der Waals surface area contributed by atoms with E-state index >= 15 is 0 Å². The van der Waals surface area contributed by atoms with E-state index in [1.54, 1.807) is 0 Å². The molecule has 4 nitrogen and oxygen atoms in total. The molecule has 122 valence electrons. The summed E-state index contributed by atoms with van der Waals surface area (Å²) in [5.74, 6) is 0. The maximum atomic E-state index is 5.94. The van der Waals surface area contributed by atoms with Crippen LogP contribution in [0.4, 0.5) is 0 Å². The molecule has 0 saturated heterocycles. The molecule has 0 spiro atoms. The average molecular weight is 311 g/mol. The summed E-state index contributed by atoms with van der Waals surface area (Å²) in [5, 5.41) is 0. The minimum absolute atomic E-state index is 0.0913. The average Bonchev–Trinajstić information content (AvgIpc) is 3.18. The standard InChI is InChI=1S/C19H25N3O/c1-6-14-12(3)18(20-13(14)4)19-17(23-7-2)11-15(21-19)16-9-8-10-22(16)5/h8-11,17,20H,6-7H2,1-5H3. The largest absolute Gasteiger partial charge is 0.368 e. The van der Waals surface area contributed by atoms with Crippen molar-refractivity contribution in [1.82, 2.24) is 9.55 Å². The van der Waals surface area contributed by atoms with Gasteiger partial charge in [-0.25, -0.2) is 4.99 Å². The van der Waals surface area contributed by atoms with E-state index in [1.165, 1.54) is 16.8 Å². The zero-order valence-electron chi connectivity index (χ0n) is 14.6. The van der Waals surface area contributed by atoms with E-state index in [0.717, 1.165) is 29.2 Å². The van der Waals surface area contributed by atoms with Crippen molar-refractivity contribution in [1.29, 1.82) is 0 Å². The van der Waals surface area contributed by atoms with Crippen LogP contribution in [0.2, 0.25) is 0 Å². The first kappa shape index (κ1) is 15.8. The molecule has 3 rings (SSSR count). The summed E-state index contributed by atoms with van der Waals surface area (Å²) < 4.78 is 8.03. The van der Waals surface area contributed by atoms with Crippen molar-refractivity contribution in [3.8, 4) is 0 Å². The Morgan fingerprint density at radius 1 is 1.30 bits per heavy atom. The maximum absolute atomic E-state index is 5.94. The summed E-state index contributed by atoms with van der Waals surface area (Å²) in [6.07, 6.45) is 5.10.